The van der Waals surface area contributed by atoms with E-state index in [0.29, 0.717) is 11.1 Å². The molecule has 2 aromatic carbocycles. The first kappa shape index (κ1) is 14.6. The van der Waals surface area contributed by atoms with Crippen molar-refractivity contribution in [1.82, 2.24) is 4.57 Å². The van der Waals surface area contributed by atoms with Crippen LogP contribution in [0, 0.1) is 11.3 Å². The minimum atomic E-state index is -0.372. The number of nitriles is 1. The van der Waals surface area contributed by atoms with Gasteiger partial charge in [-0.3, -0.25) is 0 Å². The molecule has 0 fully saturated rings. The Morgan fingerprint density at radius 3 is 2.48 bits per heavy atom. The van der Waals surface area contributed by atoms with Gasteiger partial charge in [-0.25, -0.2) is 4.79 Å². The Labute approximate surface area is 134 Å². The Morgan fingerprint density at radius 2 is 1.78 bits per heavy atom. The number of benzene rings is 2. The maximum absolute atomic E-state index is 12.2. The lowest BCUT2D eigenvalue weighted by Gasteiger charge is -2.07. The van der Waals surface area contributed by atoms with Crippen molar-refractivity contribution >= 4 is 5.97 Å². The predicted octanol–water partition coefficient (Wildman–Crippen LogP) is 3.71. The molecular weight excluding hydrogens is 288 g/mol. The van der Waals surface area contributed by atoms with Crippen LogP contribution in [0.5, 0.6) is 0 Å². The Balaban J connectivity index is 1.68. The van der Waals surface area contributed by atoms with E-state index in [1.807, 2.05) is 41.2 Å². The van der Waals surface area contributed by atoms with Gasteiger partial charge in [-0.2, -0.15) is 5.26 Å². The van der Waals surface area contributed by atoms with Gasteiger partial charge in [0.25, 0.3) is 0 Å². The second-order valence-electron chi connectivity index (χ2n) is 5.03. The molecule has 0 amide bonds. The van der Waals surface area contributed by atoms with Crippen LogP contribution in [0.15, 0.2) is 73.1 Å². The van der Waals surface area contributed by atoms with Crippen molar-refractivity contribution < 1.29 is 9.53 Å². The summed E-state index contributed by atoms with van der Waals surface area (Å²) in [6.45, 7) is 0.179. The highest BCUT2D eigenvalue weighted by atomic mass is 16.5. The van der Waals surface area contributed by atoms with Crippen LogP contribution in [-0.2, 0) is 11.3 Å². The fourth-order valence-electron chi connectivity index (χ4n) is 2.21. The van der Waals surface area contributed by atoms with Gasteiger partial charge in [-0.15, -0.1) is 0 Å². The topological polar surface area (TPSA) is 55.0 Å². The van der Waals surface area contributed by atoms with Crippen LogP contribution in [0.1, 0.15) is 21.5 Å². The molecule has 0 N–H and O–H groups in total. The van der Waals surface area contributed by atoms with Gasteiger partial charge >= 0.3 is 5.97 Å². The molecule has 0 radical (unpaired) electrons. The molecule has 4 heteroatoms. The van der Waals surface area contributed by atoms with Crippen molar-refractivity contribution in [3.05, 3.63) is 89.7 Å². The van der Waals surface area contributed by atoms with E-state index in [-0.39, 0.29) is 12.6 Å². The minimum absolute atomic E-state index is 0.179. The molecule has 1 aromatic heterocycles. The lowest BCUT2D eigenvalue weighted by atomic mass is 10.1. The molecule has 3 rings (SSSR count). The number of nitrogens with zero attached hydrogens (tertiary/aromatic N) is 2. The SMILES string of the molecule is N#Cc1ccc(COC(=O)c2cccc(-n3cccc3)c2)cc1. The highest BCUT2D eigenvalue weighted by molar-refractivity contribution is 5.90. The van der Waals surface area contributed by atoms with E-state index in [1.54, 1.807) is 36.4 Å². The number of carbonyl (C=O) groups excluding carboxylic acids is 1. The molecule has 0 bridgehead atoms. The monoisotopic (exact) mass is 302 g/mol. The summed E-state index contributed by atoms with van der Waals surface area (Å²) in [6, 6.07) is 20.2. The summed E-state index contributed by atoms with van der Waals surface area (Å²) in [5.74, 6) is -0.372. The maximum atomic E-state index is 12.2. The molecule has 3 aromatic rings. The molecule has 23 heavy (non-hydrogen) atoms. The molecule has 0 saturated carbocycles. The van der Waals surface area contributed by atoms with E-state index in [0.717, 1.165) is 11.3 Å². The first-order valence-electron chi connectivity index (χ1n) is 7.16. The second kappa shape index (κ2) is 6.63. The molecule has 0 spiro atoms. The highest BCUT2D eigenvalue weighted by Gasteiger charge is 2.08. The lowest BCUT2D eigenvalue weighted by molar-refractivity contribution is 0.0472. The summed E-state index contributed by atoms with van der Waals surface area (Å²) in [4.78, 5) is 12.2. The van der Waals surface area contributed by atoms with Gasteiger partial charge in [-0.1, -0.05) is 18.2 Å². The maximum Gasteiger partial charge on any atom is 0.338 e. The minimum Gasteiger partial charge on any atom is -0.457 e. The van der Waals surface area contributed by atoms with Crippen LogP contribution in [0.3, 0.4) is 0 Å². The van der Waals surface area contributed by atoms with Crippen molar-refractivity contribution in [3.8, 4) is 11.8 Å². The zero-order chi connectivity index (χ0) is 16.1. The first-order chi connectivity index (χ1) is 11.3. The molecule has 0 aliphatic rings. The zero-order valence-corrected chi connectivity index (χ0v) is 12.3. The van der Waals surface area contributed by atoms with E-state index < -0.39 is 0 Å². The van der Waals surface area contributed by atoms with Crippen LogP contribution >= 0.6 is 0 Å². The zero-order valence-electron chi connectivity index (χ0n) is 12.3. The molecule has 0 saturated heterocycles. The Morgan fingerprint density at radius 1 is 1.04 bits per heavy atom. The van der Waals surface area contributed by atoms with E-state index in [1.165, 1.54) is 0 Å². The average Bonchev–Trinajstić information content (AvgIpc) is 3.15. The van der Waals surface area contributed by atoms with Crippen LogP contribution < -0.4 is 0 Å². The third-order valence-electron chi connectivity index (χ3n) is 3.44. The second-order valence-corrected chi connectivity index (χ2v) is 5.03. The molecule has 4 nitrogen and oxygen atoms in total. The smallest absolute Gasteiger partial charge is 0.338 e. The average molecular weight is 302 g/mol. The number of hydrogen-bond donors (Lipinski definition) is 0. The number of ether oxygens (including phenoxy) is 1. The third-order valence-corrected chi connectivity index (χ3v) is 3.44. The molecule has 112 valence electrons. The van der Waals surface area contributed by atoms with Crippen LogP contribution in [0.4, 0.5) is 0 Å². The normalized spacial score (nSPS) is 10.0. The number of carbonyl (C=O) groups is 1. The lowest BCUT2D eigenvalue weighted by Crippen LogP contribution is -2.06. The first-order valence-corrected chi connectivity index (χ1v) is 7.16. The van der Waals surface area contributed by atoms with Gasteiger partial charge in [0, 0.05) is 18.1 Å². The van der Waals surface area contributed by atoms with Crippen molar-refractivity contribution in [2.75, 3.05) is 0 Å². The van der Waals surface area contributed by atoms with Crippen molar-refractivity contribution in [1.29, 1.82) is 5.26 Å². The van der Waals surface area contributed by atoms with Gasteiger partial charge < -0.3 is 9.30 Å². The molecule has 1 heterocycles. The molecule has 0 aliphatic heterocycles. The molecule has 0 aliphatic carbocycles. The summed E-state index contributed by atoms with van der Waals surface area (Å²) >= 11 is 0. The van der Waals surface area contributed by atoms with Crippen LogP contribution in [0.2, 0.25) is 0 Å². The third kappa shape index (κ3) is 3.47. The number of rotatable bonds is 4. The van der Waals surface area contributed by atoms with Crippen molar-refractivity contribution in [2.45, 2.75) is 6.61 Å². The van der Waals surface area contributed by atoms with Gasteiger partial charge in [-0.05, 0) is 48.0 Å². The van der Waals surface area contributed by atoms with Crippen LogP contribution in [0.25, 0.3) is 5.69 Å². The van der Waals surface area contributed by atoms with E-state index in [2.05, 4.69) is 6.07 Å². The van der Waals surface area contributed by atoms with Crippen molar-refractivity contribution in [2.24, 2.45) is 0 Å². The number of aromatic nitrogens is 1. The quantitative estimate of drug-likeness (QED) is 0.690. The fourth-order valence-corrected chi connectivity index (χ4v) is 2.21. The predicted molar refractivity (Wildman–Crippen MR) is 86.0 cm³/mol. The van der Waals surface area contributed by atoms with Gasteiger partial charge in [0.15, 0.2) is 0 Å². The summed E-state index contributed by atoms with van der Waals surface area (Å²) in [5, 5.41) is 8.76. The highest BCUT2D eigenvalue weighted by Crippen LogP contribution is 2.13. The number of esters is 1. The summed E-state index contributed by atoms with van der Waals surface area (Å²) in [6.07, 6.45) is 3.84. The number of hydrogen-bond acceptors (Lipinski definition) is 3. The molecule has 0 atom stereocenters. The Bertz CT molecular complexity index is 844. The van der Waals surface area contributed by atoms with E-state index in [4.69, 9.17) is 10.00 Å². The summed E-state index contributed by atoms with van der Waals surface area (Å²) in [7, 11) is 0. The van der Waals surface area contributed by atoms with Gasteiger partial charge in [0.2, 0.25) is 0 Å². The summed E-state index contributed by atoms with van der Waals surface area (Å²) < 4.78 is 7.26. The summed E-state index contributed by atoms with van der Waals surface area (Å²) in [5.41, 5.74) is 2.84. The van der Waals surface area contributed by atoms with Crippen molar-refractivity contribution in [3.63, 3.8) is 0 Å². The molecule has 0 unspecified atom stereocenters. The van der Waals surface area contributed by atoms with Crippen LogP contribution in [-0.4, -0.2) is 10.5 Å². The van der Waals surface area contributed by atoms with Gasteiger partial charge in [0.05, 0.1) is 17.2 Å². The Hall–Kier alpha value is -3.32. The largest absolute Gasteiger partial charge is 0.457 e. The van der Waals surface area contributed by atoms with Gasteiger partial charge in [0.1, 0.15) is 6.61 Å². The fraction of sp³-hybridized carbons (Fsp3) is 0.0526. The van der Waals surface area contributed by atoms with E-state index in [9.17, 15) is 4.79 Å². The van der Waals surface area contributed by atoms with E-state index >= 15 is 0 Å². The standard InChI is InChI=1S/C19H14N2O2/c20-13-15-6-8-16(9-7-15)14-23-19(22)17-4-3-5-18(12-17)21-10-1-2-11-21/h1-12H,14H2. The molecular formula is C19H14N2O2. The Kier molecular flexibility index (Phi) is 4.21.